The van der Waals surface area contributed by atoms with Crippen LogP contribution >= 0.6 is 0 Å². The Labute approximate surface area is 91.1 Å². The third kappa shape index (κ3) is 7.10. The fourth-order valence-corrected chi connectivity index (χ4v) is 2.64. The first-order valence-corrected chi connectivity index (χ1v) is 6.69. The summed E-state index contributed by atoms with van der Waals surface area (Å²) in [6.07, 6.45) is -0.0903. The predicted molar refractivity (Wildman–Crippen MR) is 48.1 cm³/mol. The number of hydroxylamine groups is 2. The zero-order valence-electron chi connectivity index (χ0n) is 7.65. The predicted octanol–water partition coefficient (Wildman–Crippen LogP) is -3.00. The minimum Gasteiger partial charge on any atom is -0.277 e. The summed E-state index contributed by atoms with van der Waals surface area (Å²) in [5.74, 6) is -1.90. The topological polar surface area (TPSA) is 145 Å². The van der Waals surface area contributed by atoms with E-state index in [1.54, 1.807) is 0 Å². The highest BCUT2D eigenvalue weighted by Crippen LogP contribution is 1.96. The molecule has 0 rings (SSSR count). The summed E-state index contributed by atoms with van der Waals surface area (Å²) in [7, 11) is -8.44. The van der Waals surface area contributed by atoms with Crippen molar-refractivity contribution < 1.29 is 35.0 Å². The molecule has 0 aliphatic carbocycles. The first-order chi connectivity index (χ1) is 7.33. The molecule has 94 valence electrons. The highest BCUT2D eigenvalue weighted by Gasteiger charge is 2.19. The molecule has 0 aliphatic rings. The van der Waals surface area contributed by atoms with Gasteiger partial charge in [-0.2, -0.15) is 16.8 Å². The van der Waals surface area contributed by atoms with Crippen molar-refractivity contribution >= 4 is 33.1 Å². The molecule has 0 bridgehead atoms. The fraction of sp³-hybridized carbons (Fsp3) is 0.500. The van der Waals surface area contributed by atoms with Crippen molar-refractivity contribution in [3.05, 3.63) is 0 Å². The summed E-state index contributed by atoms with van der Waals surface area (Å²) in [6, 6.07) is 0. The van der Waals surface area contributed by atoms with Crippen LogP contribution in [0.1, 0.15) is 0 Å². The molecule has 0 saturated heterocycles. The Morgan fingerprint density at radius 1 is 0.812 bits per heavy atom. The standard InChI is InChI=1S/C4H8N2O8S2/c7-3-5-13-15(9,10)1-2-16(11,12)14-6-4-8/h3-4H,1-2H2,(H,5,7)(H,6,8). The lowest BCUT2D eigenvalue weighted by atomic mass is 11.0. The number of amides is 2. The van der Waals surface area contributed by atoms with E-state index in [0.29, 0.717) is 0 Å². The van der Waals surface area contributed by atoms with Crippen molar-refractivity contribution in [3.63, 3.8) is 0 Å². The number of carbonyl (C=O) groups excluding carboxylic acids is 2. The van der Waals surface area contributed by atoms with E-state index >= 15 is 0 Å². The normalized spacial score (nSPS) is 11.8. The highest BCUT2D eigenvalue weighted by atomic mass is 32.2. The van der Waals surface area contributed by atoms with Crippen LogP contribution in [0.2, 0.25) is 0 Å². The molecular weight excluding hydrogens is 268 g/mol. The molecule has 0 aromatic heterocycles. The number of carbonyl (C=O) groups is 2. The summed E-state index contributed by atoms with van der Waals surface area (Å²) in [5.41, 5.74) is 2.78. The van der Waals surface area contributed by atoms with E-state index in [0.717, 1.165) is 0 Å². The molecule has 0 unspecified atom stereocenters. The fourth-order valence-electron chi connectivity index (χ4n) is 0.473. The molecule has 0 aromatic carbocycles. The van der Waals surface area contributed by atoms with Gasteiger partial charge in [0.15, 0.2) is 0 Å². The number of hydrogen-bond donors (Lipinski definition) is 2. The van der Waals surface area contributed by atoms with Crippen LogP contribution in [0.15, 0.2) is 0 Å². The molecular formula is C4H8N2O8S2. The number of rotatable bonds is 9. The second-order valence-corrected chi connectivity index (χ2v) is 5.54. The quantitative estimate of drug-likeness (QED) is 0.335. The molecule has 2 amide bonds. The first-order valence-electron chi connectivity index (χ1n) is 3.53. The molecule has 0 spiro atoms. The van der Waals surface area contributed by atoms with Crippen molar-refractivity contribution in [2.24, 2.45) is 0 Å². The van der Waals surface area contributed by atoms with Crippen LogP contribution in [0.4, 0.5) is 0 Å². The Balaban J connectivity index is 4.22. The molecule has 10 nitrogen and oxygen atoms in total. The van der Waals surface area contributed by atoms with Gasteiger partial charge in [0, 0.05) is 0 Å². The Morgan fingerprint density at radius 3 is 1.38 bits per heavy atom. The summed E-state index contributed by atoms with van der Waals surface area (Å²) in [5, 5.41) is 0. The summed E-state index contributed by atoms with van der Waals surface area (Å²) in [4.78, 5) is 19.4. The van der Waals surface area contributed by atoms with Gasteiger partial charge >= 0.3 is 0 Å². The van der Waals surface area contributed by atoms with Crippen molar-refractivity contribution in [1.29, 1.82) is 0 Å². The smallest absolute Gasteiger partial charge is 0.277 e. The Bertz CT molecular complexity index is 383. The van der Waals surface area contributed by atoms with Crippen LogP contribution in [0, 0.1) is 0 Å². The Morgan fingerprint density at radius 2 is 1.12 bits per heavy atom. The van der Waals surface area contributed by atoms with Crippen molar-refractivity contribution in [2.75, 3.05) is 11.5 Å². The maximum absolute atomic E-state index is 10.9. The Hall–Kier alpha value is -1.24. The van der Waals surface area contributed by atoms with Gasteiger partial charge in [0.05, 0.1) is 11.5 Å². The van der Waals surface area contributed by atoms with Gasteiger partial charge in [0.1, 0.15) is 0 Å². The third-order valence-electron chi connectivity index (χ3n) is 1.03. The van der Waals surface area contributed by atoms with Crippen LogP contribution in [-0.4, -0.2) is 41.2 Å². The molecule has 0 saturated carbocycles. The van der Waals surface area contributed by atoms with Crippen LogP contribution in [0.3, 0.4) is 0 Å². The van der Waals surface area contributed by atoms with Gasteiger partial charge < -0.3 is 0 Å². The molecule has 0 aromatic rings. The van der Waals surface area contributed by atoms with Gasteiger partial charge in [-0.3, -0.25) is 9.59 Å². The van der Waals surface area contributed by atoms with E-state index in [4.69, 9.17) is 0 Å². The summed E-state index contributed by atoms with van der Waals surface area (Å²) in [6.45, 7) is 0. The molecule has 0 atom stereocenters. The van der Waals surface area contributed by atoms with E-state index in [2.05, 4.69) is 8.57 Å². The maximum Gasteiger partial charge on any atom is 0.289 e. The number of nitrogens with one attached hydrogen (secondary N) is 2. The lowest BCUT2D eigenvalue weighted by Gasteiger charge is -2.03. The first kappa shape index (κ1) is 14.8. The van der Waals surface area contributed by atoms with Crippen LogP contribution in [-0.2, 0) is 38.4 Å². The van der Waals surface area contributed by atoms with Gasteiger partial charge in [-0.15, -0.1) is 8.57 Å². The maximum atomic E-state index is 10.9. The zero-order valence-corrected chi connectivity index (χ0v) is 9.28. The molecule has 0 fully saturated rings. The van der Waals surface area contributed by atoms with Crippen molar-refractivity contribution in [3.8, 4) is 0 Å². The monoisotopic (exact) mass is 276 g/mol. The molecule has 2 N–H and O–H groups in total. The molecule has 0 aliphatic heterocycles. The zero-order chi connectivity index (χ0) is 12.7. The van der Waals surface area contributed by atoms with Crippen molar-refractivity contribution in [2.45, 2.75) is 0 Å². The highest BCUT2D eigenvalue weighted by molar-refractivity contribution is 7.90. The molecule has 16 heavy (non-hydrogen) atoms. The van der Waals surface area contributed by atoms with Gasteiger partial charge in [-0.25, -0.2) is 11.0 Å². The van der Waals surface area contributed by atoms with Crippen molar-refractivity contribution in [1.82, 2.24) is 11.0 Å². The SMILES string of the molecule is O=CNOS(=O)(=O)CCS(=O)(=O)ONC=O. The second-order valence-electron chi connectivity index (χ2n) is 2.16. The summed E-state index contributed by atoms with van der Waals surface area (Å²) < 4.78 is 51.1. The molecule has 0 radical (unpaired) electrons. The lowest BCUT2D eigenvalue weighted by Crippen LogP contribution is -2.28. The average molecular weight is 276 g/mol. The minimum atomic E-state index is -4.22. The molecule has 12 heteroatoms. The Kier molecular flexibility index (Phi) is 5.87. The largest absolute Gasteiger partial charge is 0.289 e. The number of hydrogen-bond acceptors (Lipinski definition) is 8. The van der Waals surface area contributed by atoms with E-state index < -0.39 is 31.7 Å². The van der Waals surface area contributed by atoms with E-state index in [-0.39, 0.29) is 12.8 Å². The van der Waals surface area contributed by atoms with Crippen LogP contribution in [0.25, 0.3) is 0 Å². The third-order valence-corrected chi connectivity index (χ3v) is 3.40. The van der Waals surface area contributed by atoms with Gasteiger partial charge in [-0.05, 0) is 0 Å². The minimum absolute atomic E-state index is 0.0451. The van der Waals surface area contributed by atoms with Gasteiger partial charge in [-0.1, -0.05) is 0 Å². The van der Waals surface area contributed by atoms with Gasteiger partial charge in [0.2, 0.25) is 12.8 Å². The van der Waals surface area contributed by atoms with E-state index in [1.807, 2.05) is 0 Å². The summed E-state index contributed by atoms with van der Waals surface area (Å²) >= 11 is 0. The van der Waals surface area contributed by atoms with E-state index in [1.165, 1.54) is 11.0 Å². The van der Waals surface area contributed by atoms with Crippen LogP contribution in [0.5, 0.6) is 0 Å². The second kappa shape index (κ2) is 6.37. The van der Waals surface area contributed by atoms with Crippen LogP contribution < -0.4 is 11.0 Å². The van der Waals surface area contributed by atoms with Gasteiger partial charge in [0.25, 0.3) is 20.2 Å². The van der Waals surface area contributed by atoms with E-state index in [9.17, 15) is 26.4 Å². The lowest BCUT2D eigenvalue weighted by molar-refractivity contribution is -0.115. The molecule has 0 heterocycles. The average Bonchev–Trinajstić information content (AvgIpc) is 2.22.